The van der Waals surface area contributed by atoms with Crippen LogP contribution in [0.15, 0.2) is 42.5 Å². The largest absolute Gasteiger partial charge is 0.408 e. The lowest BCUT2D eigenvalue weighted by molar-refractivity contribution is -0.187. The summed E-state index contributed by atoms with van der Waals surface area (Å²) in [4.78, 5) is 12.9. The van der Waals surface area contributed by atoms with Crippen molar-refractivity contribution in [2.45, 2.75) is 18.8 Å². The van der Waals surface area contributed by atoms with Gasteiger partial charge in [-0.3, -0.25) is 9.69 Å². The molecule has 2 aromatic rings. The maximum absolute atomic E-state index is 13.9. The van der Waals surface area contributed by atoms with E-state index in [1.165, 1.54) is 42.5 Å². The van der Waals surface area contributed by atoms with Crippen molar-refractivity contribution in [3.05, 3.63) is 64.4 Å². The molecule has 1 unspecified atom stereocenters. The van der Waals surface area contributed by atoms with E-state index in [1.54, 1.807) is 0 Å². The van der Waals surface area contributed by atoms with Crippen LogP contribution >= 0.6 is 11.6 Å². The van der Waals surface area contributed by atoms with Gasteiger partial charge in [-0.25, -0.2) is 4.39 Å². The van der Waals surface area contributed by atoms with Gasteiger partial charge in [0.1, 0.15) is 11.9 Å². The summed E-state index contributed by atoms with van der Waals surface area (Å²) in [7, 11) is 0. The van der Waals surface area contributed by atoms with Gasteiger partial charge in [0.25, 0.3) is 0 Å². The van der Waals surface area contributed by atoms with Gasteiger partial charge >= 0.3 is 6.18 Å². The van der Waals surface area contributed by atoms with Crippen LogP contribution in [0.5, 0.6) is 0 Å². The average Bonchev–Trinajstić information content (AvgIpc) is 2.64. The molecule has 0 saturated heterocycles. The first kappa shape index (κ1) is 17.7. The quantitative estimate of drug-likeness (QED) is 0.785. The molecule has 1 atom stereocenters. The number of hydrogen-bond acceptors (Lipinski definition) is 2. The summed E-state index contributed by atoms with van der Waals surface area (Å²) < 4.78 is 55.3. The number of amides is 1. The first-order chi connectivity index (χ1) is 11.8. The van der Waals surface area contributed by atoms with Crippen LogP contribution in [0.1, 0.15) is 17.2 Å². The Morgan fingerprint density at radius 1 is 1.20 bits per heavy atom. The molecule has 0 fully saturated rings. The molecule has 25 heavy (non-hydrogen) atoms. The number of carbonyl (C=O) groups is 1. The number of fused-ring (bicyclic) bond motifs is 1. The number of benzene rings is 2. The van der Waals surface area contributed by atoms with Gasteiger partial charge in [0.05, 0.1) is 6.54 Å². The van der Waals surface area contributed by atoms with Crippen molar-refractivity contribution in [2.75, 3.05) is 11.9 Å². The SMILES string of the molecule is O=C1CN(Cc2ccccc2F)C(C(F)(F)F)c2cc(Cl)ccc2N1. The first-order valence-corrected chi connectivity index (χ1v) is 7.77. The second-order valence-electron chi connectivity index (χ2n) is 5.72. The van der Waals surface area contributed by atoms with Gasteiger partial charge in [0, 0.05) is 28.4 Å². The van der Waals surface area contributed by atoms with E-state index in [-0.39, 0.29) is 28.4 Å². The molecule has 0 aliphatic carbocycles. The second-order valence-corrected chi connectivity index (χ2v) is 6.16. The highest BCUT2D eigenvalue weighted by atomic mass is 35.5. The molecular weight excluding hydrogens is 360 g/mol. The van der Waals surface area contributed by atoms with E-state index >= 15 is 0 Å². The Hall–Kier alpha value is -2.12. The molecule has 1 heterocycles. The van der Waals surface area contributed by atoms with E-state index in [2.05, 4.69) is 5.32 Å². The van der Waals surface area contributed by atoms with Crippen molar-refractivity contribution in [3.63, 3.8) is 0 Å². The predicted octanol–water partition coefficient (Wildman–Crippen LogP) is 4.54. The van der Waals surface area contributed by atoms with Gasteiger partial charge < -0.3 is 5.32 Å². The Labute approximate surface area is 146 Å². The monoisotopic (exact) mass is 372 g/mol. The summed E-state index contributed by atoms with van der Waals surface area (Å²) in [5, 5.41) is 2.57. The summed E-state index contributed by atoms with van der Waals surface area (Å²) in [5.41, 5.74) is -0.0371. The standard InChI is InChI=1S/C17H13ClF4N2O/c18-11-5-6-14-12(7-11)16(17(20,21)22)24(9-15(25)23-14)8-10-3-1-2-4-13(10)19/h1-7,16H,8-9H2,(H,23,25). The van der Waals surface area contributed by atoms with Crippen LogP contribution < -0.4 is 5.32 Å². The molecule has 0 aromatic heterocycles. The van der Waals surface area contributed by atoms with Crippen LogP contribution in [0, 0.1) is 5.82 Å². The molecular formula is C17H13ClF4N2O. The number of carbonyl (C=O) groups excluding carboxylic acids is 1. The third-order valence-corrected chi connectivity index (χ3v) is 4.17. The van der Waals surface area contributed by atoms with Crippen molar-refractivity contribution in [2.24, 2.45) is 0 Å². The van der Waals surface area contributed by atoms with E-state index in [1.807, 2.05) is 0 Å². The van der Waals surface area contributed by atoms with Crippen molar-refractivity contribution >= 4 is 23.2 Å². The van der Waals surface area contributed by atoms with Crippen LogP contribution in [0.4, 0.5) is 23.2 Å². The molecule has 3 nitrogen and oxygen atoms in total. The normalized spacial score (nSPS) is 18.4. The Morgan fingerprint density at radius 2 is 1.92 bits per heavy atom. The van der Waals surface area contributed by atoms with Gasteiger partial charge in [-0.1, -0.05) is 29.8 Å². The van der Waals surface area contributed by atoms with Crippen LogP contribution in [0.3, 0.4) is 0 Å². The van der Waals surface area contributed by atoms with Crippen molar-refractivity contribution in [1.82, 2.24) is 4.90 Å². The number of nitrogens with zero attached hydrogens (tertiary/aromatic N) is 1. The number of rotatable bonds is 2. The summed E-state index contributed by atoms with van der Waals surface area (Å²) in [6, 6.07) is 7.37. The molecule has 0 saturated carbocycles. The molecule has 0 bridgehead atoms. The summed E-state index contributed by atoms with van der Waals surface area (Å²) >= 11 is 5.86. The van der Waals surface area contributed by atoms with Crippen LogP contribution in [-0.2, 0) is 11.3 Å². The maximum atomic E-state index is 13.9. The zero-order chi connectivity index (χ0) is 18.2. The van der Waals surface area contributed by atoms with Gasteiger partial charge in [0.15, 0.2) is 0 Å². The number of anilines is 1. The lowest BCUT2D eigenvalue weighted by Crippen LogP contribution is -2.40. The van der Waals surface area contributed by atoms with E-state index in [4.69, 9.17) is 11.6 Å². The third kappa shape index (κ3) is 3.77. The first-order valence-electron chi connectivity index (χ1n) is 7.39. The Balaban J connectivity index is 2.09. The molecule has 132 valence electrons. The minimum Gasteiger partial charge on any atom is -0.325 e. The number of hydrogen-bond donors (Lipinski definition) is 1. The minimum atomic E-state index is -4.67. The molecule has 0 radical (unpaired) electrons. The van der Waals surface area contributed by atoms with Gasteiger partial charge in [-0.05, 0) is 24.3 Å². The summed E-state index contributed by atoms with van der Waals surface area (Å²) in [5.74, 6) is -1.23. The average molecular weight is 373 g/mol. The molecule has 0 spiro atoms. The fraction of sp³-hybridized carbons (Fsp3) is 0.235. The van der Waals surface area contributed by atoms with Gasteiger partial charge in [-0.15, -0.1) is 0 Å². The van der Waals surface area contributed by atoms with Gasteiger partial charge in [0.2, 0.25) is 5.91 Å². The zero-order valence-corrected chi connectivity index (χ0v) is 13.5. The highest BCUT2D eigenvalue weighted by molar-refractivity contribution is 6.30. The van der Waals surface area contributed by atoms with Crippen LogP contribution in [-0.4, -0.2) is 23.5 Å². The van der Waals surface area contributed by atoms with E-state index in [0.717, 1.165) is 4.90 Å². The molecule has 1 N–H and O–H groups in total. The van der Waals surface area contributed by atoms with Crippen LogP contribution in [0.2, 0.25) is 5.02 Å². The Morgan fingerprint density at radius 3 is 2.60 bits per heavy atom. The van der Waals surface area contributed by atoms with E-state index in [9.17, 15) is 22.4 Å². The molecule has 1 amide bonds. The van der Waals surface area contributed by atoms with Gasteiger partial charge in [-0.2, -0.15) is 13.2 Å². The molecule has 8 heteroatoms. The minimum absolute atomic E-state index is 0.0489. The lowest BCUT2D eigenvalue weighted by Gasteiger charge is -2.31. The summed E-state index contributed by atoms with van der Waals surface area (Å²) in [6.07, 6.45) is -4.67. The number of nitrogens with one attached hydrogen (secondary N) is 1. The van der Waals surface area contributed by atoms with Crippen LogP contribution in [0.25, 0.3) is 0 Å². The Bertz CT molecular complexity index is 809. The third-order valence-electron chi connectivity index (χ3n) is 3.94. The highest BCUT2D eigenvalue weighted by Crippen LogP contribution is 2.43. The lowest BCUT2D eigenvalue weighted by atomic mass is 10.0. The fourth-order valence-corrected chi connectivity index (χ4v) is 3.09. The van der Waals surface area contributed by atoms with Crippen molar-refractivity contribution in [3.8, 4) is 0 Å². The fourth-order valence-electron chi connectivity index (χ4n) is 2.91. The second kappa shape index (κ2) is 6.65. The van der Waals surface area contributed by atoms with Crippen molar-refractivity contribution < 1.29 is 22.4 Å². The molecule has 1 aliphatic rings. The van der Waals surface area contributed by atoms with E-state index < -0.39 is 30.5 Å². The number of halogens is 5. The maximum Gasteiger partial charge on any atom is 0.408 e. The highest BCUT2D eigenvalue weighted by Gasteiger charge is 2.47. The topological polar surface area (TPSA) is 32.3 Å². The molecule has 2 aromatic carbocycles. The number of alkyl halides is 3. The van der Waals surface area contributed by atoms with Crippen molar-refractivity contribution in [1.29, 1.82) is 0 Å². The van der Waals surface area contributed by atoms with E-state index in [0.29, 0.717) is 0 Å². The Kier molecular flexibility index (Phi) is 4.71. The molecule has 3 rings (SSSR count). The zero-order valence-electron chi connectivity index (χ0n) is 12.8. The molecule has 1 aliphatic heterocycles. The predicted molar refractivity (Wildman–Crippen MR) is 85.7 cm³/mol. The summed E-state index contributed by atoms with van der Waals surface area (Å²) in [6.45, 7) is -0.888. The smallest absolute Gasteiger partial charge is 0.325 e.